The van der Waals surface area contributed by atoms with Gasteiger partial charge in [-0.1, -0.05) is 0 Å². The number of amides is 1. The van der Waals surface area contributed by atoms with Gasteiger partial charge in [0.1, 0.15) is 0 Å². The second-order valence-corrected chi connectivity index (χ2v) is 7.08. The van der Waals surface area contributed by atoms with Crippen LogP contribution >= 0.6 is 0 Å². The highest BCUT2D eigenvalue weighted by molar-refractivity contribution is 7.90. The maximum atomic E-state index is 12.1. The number of nitrogens with one attached hydrogen (secondary N) is 1. The van der Waals surface area contributed by atoms with Crippen molar-refractivity contribution in [3.63, 3.8) is 0 Å². The van der Waals surface area contributed by atoms with E-state index in [9.17, 15) is 13.2 Å². The van der Waals surface area contributed by atoms with Crippen molar-refractivity contribution in [3.8, 4) is 0 Å². The van der Waals surface area contributed by atoms with Gasteiger partial charge in [-0.25, -0.2) is 8.42 Å². The van der Waals surface area contributed by atoms with Crippen molar-refractivity contribution in [2.45, 2.75) is 29.9 Å². The molecule has 20 heavy (non-hydrogen) atoms. The molecular weight excluding hydrogens is 280 g/mol. The Labute approximate surface area is 118 Å². The SMILES string of the molecule is COC1CC(NC(=O)c2cc(N)cc(S(C)(=O)=O)c2)C1. The molecule has 0 unspecified atom stereocenters. The highest BCUT2D eigenvalue weighted by atomic mass is 32.2. The number of rotatable bonds is 4. The summed E-state index contributed by atoms with van der Waals surface area (Å²) in [5, 5.41) is 2.83. The summed E-state index contributed by atoms with van der Waals surface area (Å²) in [5.41, 5.74) is 6.16. The first-order valence-electron chi connectivity index (χ1n) is 6.24. The molecule has 0 spiro atoms. The number of hydrogen-bond acceptors (Lipinski definition) is 5. The average Bonchev–Trinajstić information content (AvgIpc) is 2.31. The van der Waals surface area contributed by atoms with E-state index >= 15 is 0 Å². The van der Waals surface area contributed by atoms with Crippen molar-refractivity contribution >= 4 is 21.4 Å². The van der Waals surface area contributed by atoms with E-state index in [1.165, 1.54) is 18.2 Å². The van der Waals surface area contributed by atoms with E-state index in [1.54, 1.807) is 7.11 Å². The van der Waals surface area contributed by atoms with Gasteiger partial charge in [0.15, 0.2) is 9.84 Å². The molecular formula is C13H18N2O4S. The fraction of sp³-hybridized carbons (Fsp3) is 0.462. The van der Waals surface area contributed by atoms with Crippen molar-refractivity contribution in [2.24, 2.45) is 0 Å². The Morgan fingerprint density at radius 1 is 1.35 bits per heavy atom. The molecule has 3 N–H and O–H groups in total. The molecule has 1 saturated carbocycles. The molecule has 0 bridgehead atoms. The van der Waals surface area contributed by atoms with Crippen LogP contribution in [0.2, 0.25) is 0 Å². The van der Waals surface area contributed by atoms with Gasteiger partial charge in [0.05, 0.1) is 11.0 Å². The lowest BCUT2D eigenvalue weighted by Crippen LogP contribution is -2.47. The van der Waals surface area contributed by atoms with Crippen molar-refractivity contribution in [1.29, 1.82) is 0 Å². The molecule has 1 amide bonds. The van der Waals surface area contributed by atoms with E-state index in [0.717, 1.165) is 19.1 Å². The number of nitrogen functional groups attached to an aromatic ring is 1. The molecule has 0 heterocycles. The zero-order valence-corrected chi connectivity index (χ0v) is 12.2. The van der Waals surface area contributed by atoms with Gasteiger partial charge in [-0.05, 0) is 31.0 Å². The Kier molecular flexibility index (Phi) is 4.01. The molecule has 0 atom stereocenters. The minimum Gasteiger partial charge on any atom is -0.399 e. The molecule has 0 saturated heterocycles. The lowest BCUT2D eigenvalue weighted by Gasteiger charge is -2.34. The van der Waals surface area contributed by atoms with Crippen molar-refractivity contribution in [2.75, 3.05) is 19.1 Å². The number of sulfone groups is 1. The van der Waals surface area contributed by atoms with Crippen LogP contribution in [-0.2, 0) is 14.6 Å². The number of benzene rings is 1. The summed E-state index contributed by atoms with van der Waals surface area (Å²) in [6, 6.07) is 4.22. The lowest BCUT2D eigenvalue weighted by atomic mass is 9.89. The van der Waals surface area contributed by atoms with Gasteiger partial charge < -0.3 is 15.8 Å². The molecule has 110 valence electrons. The zero-order valence-electron chi connectivity index (χ0n) is 11.4. The largest absolute Gasteiger partial charge is 0.399 e. The maximum Gasteiger partial charge on any atom is 0.251 e. The Morgan fingerprint density at radius 2 is 2.00 bits per heavy atom. The first-order chi connectivity index (χ1) is 9.29. The van der Waals surface area contributed by atoms with Gasteiger partial charge in [0.25, 0.3) is 5.91 Å². The summed E-state index contributed by atoms with van der Waals surface area (Å²) in [7, 11) is -1.76. The van der Waals surface area contributed by atoms with Crippen LogP contribution in [0.3, 0.4) is 0 Å². The smallest absolute Gasteiger partial charge is 0.251 e. The summed E-state index contributed by atoms with van der Waals surface area (Å²) in [6.45, 7) is 0. The molecule has 6 nitrogen and oxygen atoms in total. The molecule has 1 fully saturated rings. The molecule has 2 rings (SSSR count). The van der Waals surface area contributed by atoms with Crippen LogP contribution in [0.1, 0.15) is 23.2 Å². The van der Waals surface area contributed by atoms with Crippen LogP contribution in [0.4, 0.5) is 5.69 Å². The van der Waals surface area contributed by atoms with Gasteiger partial charge in [0, 0.05) is 30.7 Å². The normalized spacial score (nSPS) is 22.1. The molecule has 0 radical (unpaired) electrons. The summed E-state index contributed by atoms with van der Waals surface area (Å²) in [6.07, 6.45) is 2.80. The predicted octanol–water partition coefficient (Wildman–Crippen LogP) is 0.579. The fourth-order valence-corrected chi connectivity index (χ4v) is 2.80. The number of anilines is 1. The Morgan fingerprint density at radius 3 is 2.55 bits per heavy atom. The molecule has 1 aliphatic rings. The third-order valence-corrected chi connectivity index (χ3v) is 4.47. The van der Waals surface area contributed by atoms with E-state index in [1.807, 2.05) is 0 Å². The van der Waals surface area contributed by atoms with Gasteiger partial charge in [0.2, 0.25) is 0 Å². The minimum absolute atomic E-state index is 0.0472. The van der Waals surface area contributed by atoms with E-state index in [-0.39, 0.29) is 34.2 Å². The topological polar surface area (TPSA) is 98.5 Å². The van der Waals surface area contributed by atoms with Crippen LogP contribution in [0.5, 0.6) is 0 Å². The molecule has 1 aliphatic carbocycles. The number of carbonyl (C=O) groups excluding carboxylic acids is 1. The highest BCUT2D eigenvalue weighted by Crippen LogP contribution is 2.23. The second kappa shape index (κ2) is 5.41. The quantitative estimate of drug-likeness (QED) is 0.792. The fourth-order valence-electron chi connectivity index (χ4n) is 2.11. The molecule has 0 aromatic heterocycles. The Balaban J connectivity index is 2.12. The van der Waals surface area contributed by atoms with Crippen LogP contribution in [-0.4, -0.2) is 39.8 Å². The average molecular weight is 298 g/mol. The van der Waals surface area contributed by atoms with Crippen LogP contribution in [0.15, 0.2) is 23.1 Å². The summed E-state index contributed by atoms with van der Waals surface area (Å²) < 4.78 is 28.2. The Hall–Kier alpha value is -1.60. The molecule has 0 aliphatic heterocycles. The molecule has 7 heteroatoms. The maximum absolute atomic E-state index is 12.1. The van der Waals surface area contributed by atoms with E-state index in [0.29, 0.717) is 0 Å². The molecule has 1 aromatic rings. The van der Waals surface area contributed by atoms with Gasteiger partial charge in [-0.15, -0.1) is 0 Å². The minimum atomic E-state index is -3.39. The summed E-state index contributed by atoms with van der Waals surface area (Å²) >= 11 is 0. The number of hydrogen-bond donors (Lipinski definition) is 2. The summed E-state index contributed by atoms with van der Waals surface area (Å²) in [4.78, 5) is 12.1. The van der Waals surface area contributed by atoms with Gasteiger partial charge >= 0.3 is 0 Å². The van der Waals surface area contributed by atoms with Gasteiger partial charge in [-0.3, -0.25) is 4.79 Å². The number of nitrogens with two attached hydrogens (primary N) is 1. The first kappa shape index (κ1) is 14.8. The monoisotopic (exact) mass is 298 g/mol. The zero-order chi connectivity index (χ0) is 14.9. The van der Waals surface area contributed by atoms with Crippen molar-refractivity contribution in [3.05, 3.63) is 23.8 Å². The van der Waals surface area contributed by atoms with Crippen LogP contribution in [0, 0.1) is 0 Å². The Bertz CT molecular complexity index is 621. The standard InChI is InChI=1S/C13H18N2O4S/c1-19-11-6-10(7-11)15-13(16)8-3-9(14)5-12(4-8)20(2,17)18/h3-5,10-11H,6-7,14H2,1-2H3,(H,15,16). The van der Waals surface area contributed by atoms with E-state index < -0.39 is 9.84 Å². The van der Waals surface area contributed by atoms with Crippen molar-refractivity contribution < 1.29 is 17.9 Å². The summed E-state index contributed by atoms with van der Waals surface area (Å²) in [5.74, 6) is -0.318. The second-order valence-electron chi connectivity index (χ2n) is 5.06. The van der Waals surface area contributed by atoms with E-state index in [4.69, 9.17) is 10.5 Å². The lowest BCUT2D eigenvalue weighted by molar-refractivity contribution is 0.0176. The van der Waals surface area contributed by atoms with Crippen molar-refractivity contribution in [1.82, 2.24) is 5.32 Å². The van der Waals surface area contributed by atoms with E-state index in [2.05, 4.69) is 5.32 Å². The third kappa shape index (κ3) is 3.29. The van der Waals surface area contributed by atoms with Crippen LogP contribution in [0.25, 0.3) is 0 Å². The third-order valence-electron chi connectivity index (χ3n) is 3.38. The van der Waals surface area contributed by atoms with Gasteiger partial charge in [-0.2, -0.15) is 0 Å². The number of carbonyl (C=O) groups is 1. The number of ether oxygens (including phenoxy) is 1. The molecule has 1 aromatic carbocycles. The predicted molar refractivity (Wildman–Crippen MR) is 75.2 cm³/mol. The number of methoxy groups -OCH3 is 1. The van der Waals surface area contributed by atoms with Crippen LogP contribution < -0.4 is 11.1 Å². The highest BCUT2D eigenvalue weighted by Gasteiger charge is 2.30. The first-order valence-corrected chi connectivity index (χ1v) is 8.13.